The number of nitrogens with zero attached hydrogens (tertiary/aromatic N) is 1. The number of unbranched alkanes of at least 4 members (excludes halogenated alkanes) is 1. The van der Waals surface area contributed by atoms with Gasteiger partial charge in [0, 0.05) is 11.3 Å². The minimum Gasteiger partial charge on any atom is -0.487 e. The number of pyridine rings is 1. The number of carboxylic acid groups (broad SMARTS) is 1. The summed E-state index contributed by atoms with van der Waals surface area (Å²) >= 11 is 0. The Labute approximate surface area is 153 Å². The van der Waals surface area contributed by atoms with E-state index in [0.717, 1.165) is 24.1 Å². The highest BCUT2D eigenvalue weighted by Gasteiger charge is 2.20. The van der Waals surface area contributed by atoms with Crippen molar-refractivity contribution in [3.8, 4) is 5.75 Å². The van der Waals surface area contributed by atoms with Crippen molar-refractivity contribution in [1.29, 1.82) is 0 Å². The largest absolute Gasteiger partial charge is 0.487 e. The van der Waals surface area contributed by atoms with E-state index < -0.39 is 17.9 Å². The molecule has 0 spiro atoms. The van der Waals surface area contributed by atoms with Crippen molar-refractivity contribution < 1.29 is 19.4 Å². The highest BCUT2D eigenvalue weighted by molar-refractivity contribution is 5.96. The van der Waals surface area contributed by atoms with Crippen LogP contribution in [0.5, 0.6) is 5.75 Å². The Bertz CT molecular complexity index is 744. The molecular formula is C20H24N2O4. The molecule has 0 aliphatic rings. The zero-order chi connectivity index (χ0) is 18.9. The molecule has 0 aliphatic heterocycles. The van der Waals surface area contributed by atoms with Gasteiger partial charge in [0.25, 0.3) is 5.91 Å². The number of carboxylic acids is 1. The number of hydrogen-bond acceptors (Lipinski definition) is 4. The number of aliphatic carboxylic acids is 1. The molecule has 0 bridgehead atoms. The highest BCUT2D eigenvalue weighted by Crippen LogP contribution is 2.13. The van der Waals surface area contributed by atoms with Gasteiger partial charge in [-0.15, -0.1) is 0 Å². The third kappa shape index (κ3) is 5.88. The summed E-state index contributed by atoms with van der Waals surface area (Å²) in [5, 5.41) is 11.8. The van der Waals surface area contributed by atoms with Crippen LogP contribution in [0.25, 0.3) is 0 Å². The topological polar surface area (TPSA) is 88.5 Å². The number of aryl methyl sites for hydroxylation is 1. The fraction of sp³-hybridized carbons (Fsp3) is 0.350. The van der Waals surface area contributed by atoms with Gasteiger partial charge in [-0.25, -0.2) is 4.79 Å². The molecule has 0 aliphatic carbocycles. The van der Waals surface area contributed by atoms with Crippen LogP contribution >= 0.6 is 0 Å². The van der Waals surface area contributed by atoms with Gasteiger partial charge in [0.15, 0.2) is 0 Å². The molecule has 2 N–H and O–H groups in total. The maximum absolute atomic E-state index is 12.4. The van der Waals surface area contributed by atoms with Crippen molar-refractivity contribution in [1.82, 2.24) is 10.3 Å². The standard InChI is InChI=1S/C20H24N2O4/c1-3-4-8-18(20(24)25)22-19(23)16-7-5-6-15(11-16)13-26-17-10-9-14(2)21-12-17/h5-7,9-12,18H,3-4,8,13H2,1-2H3,(H,22,23)(H,24,25)/t18-/m0/s1. The Kier molecular flexibility index (Phi) is 7.14. The van der Waals surface area contributed by atoms with Crippen LogP contribution in [-0.4, -0.2) is 28.0 Å². The Balaban J connectivity index is 1.99. The van der Waals surface area contributed by atoms with Crippen LogP contribution in [0.15, 0.2) is 42.6 Å². The zero-order valence-electron chi connectivity index (χ0n) is 15.1. The number of ether oxygens (including phenoxy) is 1. The van der Waals surface area contributed by atoms with E-state index in [4.69, 9.17) is 4.74 Å². The molecule has 2 aromatic rings. The van der Waals surface area contributed by atoms with Crippen molar-refractivity contribution >= 4 is 11.9 Å². The summed E-state index contributed by atoms with van der Waals surface area (Å²) < 4.78 is 5.67. The van der Waals surface area contributed by atoms with Crippen LogP contribution in [0.4, 0.5) is 0 Å². The van der Waals surface area contributed by atoms with E-state index in [2.05, 4.69) is 10.3 Å². The van der Waals surface area contributed by atoms with Gasteiger partial charge in [-0.3, -0.25) is 9.78 Å². The lowest BCUT2D eigenvalue weighted by Crippen LogP contribution is -2.40. The maximum atomic E-state index is 12.4. The van der Waals surface area contributed by atoms with Crippen LogP contribution in [0.2, 0.25) is 0 Å². The average Bonchev–Trinajstić information content (AvgIpc) is 2.64. The molecule has 6 heteroatoms. The van der Waals surface area contributed by atoms with Gasteiger partial charge >= 0.3 is 5.97 Å². The van der Waals surface area contributed by atoms with E-state index in [-0.39, 0.29) is 0 Å². The first-order valence-corrected chi connectivity index (χ1v) is 8.67. The van der Waals surface area contributed by atoms with Gasteiger partial charge in [-0.05, 0) is 43.2 Å². The number of aromatic nitrogens is 1. The fourth-order valence-corrected chi connectivity index (χ4v) is 2.42. The predicted octanol–water partition coefficient (Wildman–Crippen LogP) is 3.34. The summed E-state index contributed by atoms with van der Waals surface area (Å²) in [6, 6.07) is 9.79. The van der Waals surface area contributed by atoms with Crippen LogP contribution in [0.3, 0.4) is 0 Å². The van der Waals surface area contributed by atoms with Crippen molar-refractivity contribution in [2.45, 2.75) is 45.8 Å². The van der Waals surface area contributed by atoms with E-state index >= 15 is 0 Å². The number of nitrogens with one attached hydrogen (secondary N) is 1. The lowest BCUT2D eigenvalue weighted by Gasteiger charge is -2.14. The van der Waals surface area contributed by atoms with Gasteiger partial charge in [0.05, 0.1) is 6.20 Å². The molecule has 2 rings (SSSR count). The zero-order valence-corrected chi connectivity index (χ0v) is 15.1. The van der Waals surface area contributed by atoms with Gasteiger partial charge in [-0.2, -0.15) is 0 Å². The fourth-order valence-electron chi connectivity index (χ4n) is 2.42. The normalized spacial score (nSPS) is 11.6. The van der Waals surface area contributed by atoms with E-state index in [9.17, 15) is 14.7 Å². The quantitative estimate of drug-likeness (QED) is 0.719. The first kappa shape index (κ1) is 19.4. The molecule has 138 valence electrons. The summed E-state index contributed by atoms with van der Waals surface area (Å²) in [5.41, 5.74) is 2.14. The molecule has 0 saturated carbocycles. The summed E-state index contributed by atoms with van der Waals surface area (Å²) in [7, 11) is 0. The van der Waals surface area contributed by atoms with Crippen molar-refractivity contribution in [2.24, 2.45) is 0 Å². The molecule has 1 atom stereocenters. The Hall–Kier alpha value is -2.89. The molecule has 0 fully saturated rings. The molecule has 1 aromatic heterocycles. The van der Waals surface area contributed by atoms with Gasteiger partial charge in [0.1, 0.15) is 18.4 Å². The molecule has 0 unspecified atom stereocenters. The number of hydrogen-bond donors (Lipinski definition) is 2. The Morgan fingerprint density at radius 2 is 2.08 bits per heavy atom. The summed E-state index contributed by atoms with van der Waals surface area (Å²) in [6.45, 7) is 4.18. The molecule has 1 aromatic carbocycles. The first-order chi connectivity index (χ1) is 12.5. The molecule has 26 heavy (non-hydrogen) atoms. The summed E-state index contributed by atoms with van der Waals surface area (Å²) in [6.07, 6.45) is 3.69. The third-order valence-electron chi connectivity index (χ3n) is 3.93. The minimum absolute atomic E-state index is 0.296. The Morgan fingerprint density at radius 1 is 1.27 bits per heavy atom. The van der Waals surface area contributed by atoms with Crippen molar-refractivity contribution in [2.75, 3.05) is 0 Å². The highest BCUT2D eigenvalue weighted by atomic mass is 16.5. The average molecular weight is 356 g/mol. The monoisotopic (exact) mass is 356 g/mol. The SMILES string of the molecule is CCCC[C@H](NC(=O)c1cccc(COc2ccc(C)nc2)c1)C(=O)O. The maximum Gasteiger partial charge on any atom is 0.326 e. The lowest BCUT2D eigenvalue weighted by molar-refractivity contribution is -0.139. The summed E-state index contributed by atoms with van der Waals surface area (Å²) in [4.78, 5) is 27.8. The van der Waals surface area contributed by atoms with E-state index in [1.807, 2.05) is 32.0 Å². The third-order valence-corrected chi connectivity index (χ3v) is 3.93. The van der Waals surface area contributed by atoms with Crippen molar-refractivity contribution in [3.63, 3.8) is 0 Å². The van der Waals surface area contributed by atoms with Gasteiger partial charge in [0.2, 0.25) is 0 Å². The summed E-state index contributed by atoms with van der Waals surface area (Å²) in [5.74, 6) is -0.763. The number of carbonyl (C=O) groups is 2. The minimum atomic E-state index is -1.02. The van der Waals surface area contributed by atoms with Gasteiger partial charge < -0.3 is 15.2 Å². The van der Waals surface area contributed by atoms with Crippen LogP contribution < -0.4 is 10.1 Å². The molecule has 0 saturated heterocycles. The lowest BCUT2D eigenvalue weighted by atomic mass is 10.1. The second-order valence-corrected chi connectivity index (χ2v) is 6.13. The molecule has 0 radical (unpaired) electrons. The van der Waals surface area contributed by atoms with Crippen molar-refractivity contribution in [3.05, 3.63) is 59.4 Å². The molecule has 1 heterocycles. The number of benzene rings is 1. The number of amides is 1. The number of rotatable bonds is 9. The van der Waals surface area contributed by atoms with Crippen LogP contribution in [-0.2, 0) is 11.4 Å². The Morgan fingerprint density at radius 3 is 2.73 bits per heavy atom. The van der Waals surface area contributed by atoms with E-state index in [0.29, 0.717) is 24.3 Å². The van der Waals surface area contributed by atoms with E-state index in [1.54, 1.807) is 24.4 Å². The first-order valence-electron chi connectivity index (χ1n) is 8.67. The van der Waals surface area contributed by atoms with Gasteiger partial charge in [-0.1, -0.05) is 31.9 Å². The smallest absolute Gasteiger partial charge is 0.326 e. The molecular weight excluding hydrogens is 332 g/mol. The van der Waals surface area contributed by atoms with Crippen LogP contribution in [0, 0.1) is 6.92 Å². The van der Waals surface area contributed by atoms with Crippen LogP contribution in [0.1, 0.15) is 47.8 Å². The second kappa shape index (κ2) is 9.56. The second-order valence-electron chi connectivity index (χ2n) is 6.13. The molecule has 1 amide bonds. The predicted molar refractivity (Wildman–Crippen MR) is 98.2 cm³/mol. The molecule has 6 nitrogen and oxygen atoms in total. The van der Waals surface area contributed by atoms with E-state index in [1.165, 1.54) is 0 Å². The number of carbonyl (C=O) groups excluding carboxylic acids is 1.